The molecule has 4 heteroatoms. The summed E-state index contributed by atoms with van der Waals surface area (Å²) < 4.78 is 0. The van der Waals surface area contributed by atoms with Gasteiger partial charge in [0, 0.05) is 11.7 Å². The van der Waals surface area contributed by atoms with Gasteiger partial charge in [0.25, 0.3) is 5.91 Å². The van der Waals surface area contributed by atoms with Crippen LogP contribution < -0.4 is 5.32 Å². The molecule has 17 heavy (non-hydrogen) atoms. The molecule has 1 amide bonds. The fourth-order valence-corrected chi connectivity index (χ4v) is 2.46. The molecular weight excluding hydrogens is 214 g/mol. The number of hydrogen-bond donors (Lipinski definition) is 2. The molecule has 1 aliphatic carbocycles. The first-order chi connectivity index (χ1) is 8.31. The second-order valence-corrected chi connectivity index (χ2v) is 4.82. The Bertz CT molecular complexity index is 366. The highest BCUT2D eigenvalue weighted by Gasteiger charge is 2.19. The van der Waals surface area contributed by atoms with Gasteiger partial charge in [0.15, 0.2) is 0 Å². The standard InChI is InChI=1S/C13H21N3O/c1-2-6-12-11(9-14-16-12)13(17)15-10-7-4-3-5-8-10/h9-10H,2-8H2,1H3,(H,14,16)(H,15,17). The third kappa shape index (κ3) is 3.08. The van der Waals surface area contributed by atoms with Crippen LogP contribution >= 0.6 is 0 Å². The summed E-state index contributed by atoms with van der Waals surface area (Å²) in [5.74, 6) is 0.0362. The number of H-pyrrole nitrogens is 1. The summed E-state index contributed by atoms with van der Waals surface area (Å²) in [6.07, 6.45) is 9.55. The first-order valence-corrected chi connectivity index (χ1v) is 6.64. The molecule has 1 fully saturated rings. The highest BCUT2D eigenvalue weighted by atomic mass is 16.1. The smallest absolute Gasteiger partial charge is 0.254 e. The van der Waals surface area contributed by atoms with E-state index in [0.29, 0.717) is 6.04 Å². The van der Waals surface area contributed by atoms with Gasteiger partial charge in [-0.2, -0.15) is 5.10 Å². The van der Waals surface area contributed by atoms with Crippen LogP contribution in [0.1, 0.15) is 61.5 Å². The monoisotopic (exact) mass is 235 g/mol. The van der Waals surface area contributed by atoms with Gasteiger partial charge in [-0.25, -0.2) is 0 Å². The topological polar surface area (TPSA) is 57.8 Å². The summed E-state index contributed by atoms with van der Waals surface area (Å²) in [4.78, 5) is 12.1. The van der Waals surface area contributed by atoms with Crippen LogP contribution in [0.15, 0.2) is 6.20 Å². The first kappa shape index (κ1) is 12.1. The van der Waals surface area contributed by atoms with E-state index in [-0.39, 0.29) is 5.91 Å². The molecule has 0 bridgehead atoms. The molecule has 0 aromatic carbocycles. The van der Waals surface area contributed by atoms with Gasteiger partial charge in [-0.05, 0) is 19.3 Å². The van der Waals surface area contributed by atoms with Crippen LogP contribution in [0.25, 0.3) is 0 Å². The SMILES string of the molecule is CCCc1[nH]ncc1C(=O)NC1CCCCC1. The van der Waals surface area contributed by atoms with Gasteiger partial charge >= 0.3 is 0 Å². The van der Waals surface area contributed by atoms with Crippen LogP contribution in [0.3, 0.4) is 0 Å². The molecular formula is C13H21N3O. The molecule has 0 unspecified atom stereocenters. The lowest BCUT2D eigenvalue weighted by Gasteiger charge is -2.22. The normalized spacial score (nSPS) is 17.0. The van der Waals surface area contributed by atoms with Gasteiger partial charge in [-0.3, -0.25) is 9.89 Å². The summed E-state index contributed by atoms with van der Waals surface area (Å²) in [6, 6.07) is 0.362. The molecule has 1 heterocycles. The van der Waals surface area contributed by atoms with E-state index in [4.69, 9.17) is 0 Å². The fraction of sp³-hybridized carbons (Fsp3) is 0.692. The number of nitrogens with zero attached hydrogens (tertiary/aromatic N) is 1. The van der Waals surface area contributed by atoms with E-state index >= 15 is 0 Å². The lowest BCUT2D eigenvalue weighted by molar-refractivity contribution is 0.0927. The molecule has 0 atom stereocenters. The molecule has 1 aromatic rings. The van der Waals surface area contributed by atoms with Crippen molar-refractivity contribution in [2.75, 3.05) is 0 Å². The maximum Gasteiger partial charge on any atom is 0.254 e. The Morgan fingerprint density at radius 3 is 2.94 bits per heavy atom. The Balaban J connectivity index is 1.96. The Hall–Kier alpha value is -1.32. The molecule has 1 aromatic heterocycles. The molecule has 0 spiro atoms. The number of amides is 1. The van der Waals surface area contributed by atoms with Crippen LogP contribution in [0.2, 0.25) is 0 Å². The summed E-state index contributed by atoms with van der Waals surface area (Å²) in [7, 11) is 0. The predicted molar refractivity (Wildman–Crippen MR) is 66.9 cm³/mol. The van der Waals surface area contributed by atoms with Crippen molar-refractivity contribution in [1.82, 2.24) is 15.5 Å². The largest absolute Gasteiger partial charge is 0.349 e. The maximum atomic E-state index is 12.1. The Morgan fingerprint density at radius 2 is 2.24 bits per heavy atom. The third-order valence-electron chi connectivity index (χ3n) is 3.40. The summed E-state index contributed by atoms with van der Waals surface area (Å²) >= 11 is 0. The van der Waals surface area contributed by atoms with Crippen molar-refractivity contribution in [3.05, 3.63) is 17.5 Å². The van der Waals surface area contributed by atoms with E-state index in [9.17, 15) is 4.79 Å². The number of nitrogens with one attached hydrogen (secondary N) is 2. The molecule has 2 N–H and O–H groups in total. The zero-order valence-corrected chi connectivity index (χ0v) is 10.5. The van der Waals surface area contributed by atoms with Crippen molar-refractivity contribution in [3.8, 4) is 0 Å². The van der Waals surface area contributed by atoms with E-state index in [0.717, 1.165) is 36.9 Å². The number of aromatic nitrogens is 2. The summed E-state index contributed by atoms with van der Waals surface area (Å²) in [5, 5.41) is 10.0. The molecule has 1 saturated carbocycles. The molecule has 4 nitrogen and oxygen atoms in total. The van der Waals surface area contributed by atoms with Gasteiger partial charge in [0.05, 0.1) is 11.8 Å². The lowest BCUT2D eigenvalue weighted by atomic mass is 9.95. The minimum atomic E-state index is 0.0362. The van der Waals surface area contributed by atoms with Gasteiger partial charge < -0.3 is 5.32 Å². The molecule has 0 radical (unpaired) electrons. The molecule has 2 rings (SSSR count). The van der Waals surface area contributed by atoms with Crippen molar-refractivity contribution in [3.63, 3.8) is 0 Å². The van der Waals surface area contributed by atoms with E-state index in [2.05, 4.69) is 22.4 Å². The molecule has 0 aliphatic heterocycles. The van der Waals surface area contributed by atoms with E-state index < -0.39 is 0 Å². The lowest BCUT2D eigenvalue weighted by Crippen LogP contribution is -2.36. The highest BCUT2D eigenvalue weighted by molar-refractivity contribution is 5.95. The van der Waals surface area contributed by atoms with Crippen molar-refractivity contribution in [2.45, 2.75) is 57.9 Å². The quantitative estimate of drug-likeness (QED) is 0.842. The van der Waals surface area contributed by atoms with E-state index in [1.165, 1.54) is 19.3 Å². The zero-order valence-electron chi connectivity index (χ0n) is 10.5. The van der Waals surface area contributed by atoms with Crippen molar-refractivity contribution < 1.29 is 4.79 Å². The molecule has 1 aliphatic rings. The number of rotatable bonds is 4. The Kier molecular flexibility index (Phi) is 4.18. The third-order valence-corrected chi connectivity index (χ3v) is 3.40. The highest BCUT2D eigenvalue weighted by Crippen LogP contribution is 2.18. The van der Waals surface area contributed by atoms with Gasteiger partial charge in [-0.15, -0.1) is 0 Å². The van der Waals surface area contributed by atoms with Crippen LogP contribution in [-0.4, -0.2) is 22.1 Å². The number of carbonyl (C=O) groups excluding carboxylic acids is 1. The van der Waals surface area contributed by atoms with Gasteiger partial charge in [0.2, 0.25) is 0 Å². The number of hydrogen-bond acceptors (Lipinski definition) is 2. The number of carbonyl (C=O) groups is 1. The minimum absolute atomic E-state index is 0.0362. The first-order valence-electron chi connectivity index (χ1n) is 6.64. The van der Waals surface area contributed by atoms with Gasteiger partial charge in [0.1, 0.15) is 0 Å². The second kappa shape index (κ2) is 5.84. The zero-order chi connectivity index (χ0) is 12.1. The molecule has 94 valence electrons. The number of aromatic amines is 1. The average Bonchev–Trinajstić information content (AvgIpc) is 2.79. The van der Waals surface area contributed by atoms with Crippen LogP contribution in [0.5, 0.6) is 0 Å². The minimum Gasteiger partial charge on any atom is -0.349 e. The van der Waals surface area contributed by atoms with Gasteiger partial charge in [-0.1, -0.05) is 32.6 Å². The van der Waals surface area contributed by atoms with E-state index in [1.807, 2.05) is 0 Å². The predicted octanol–water partition coefficient (Wildman–Crippen LogP) is 2.42. The van der Waals surface area contributed by atoms with Crippen LogP contribution in [0, 0.1) is 0 Å². The van der Waals surface area contributed by atoms with E-state index in [1.54, 1.807) is 6.20 Å². The molecule has 0 saturated heterocycles. The van der Waals surface area contributed by atoms with Crippen LogP contribution in [-0.2, 0) is 6.42 Å². The van der Waals surface area contributed by atoms with Crippen molar-refractivity contribution in [1.29, 1.82) is 0 Å². The summed E-state index contributed by atoms with van der Waals surface area (Å²) in [6.45, 7) is 2.10. The average molecular weight is 235 g/mol. The van der Waals surface area contributed by atoms with Crippen molar-refractivity contribution >= 4 is 5.91 Å². The second-order valence-electron chi connectivity index (χ2n) is 4.82. The summed E-state index contributed by atoms with van der Waals surface area (Å²) in [5.41, 5.74) is 1.68. The number of aryl methyl sites for hydroxylation is 1. The maximum absolute atomic E-state index is 12.1. The Morgan fingerprint density at radius 1 is 1.47 bits per heavy atom. The fourth-order valence-electron chi connectivity index (χ4n) is 2.46. The Labute approximate surface area is 102 Å². The van der Waals surface area contributed by atoms with Crippen LogP contribution in [0.4, 0.5) is 0 Å². The van der Waals surface area contributed by atoms with Crippen molar-refractivity contribution in [2.24, 2.45) is 0 Å².